The largest absolute Gasteiger partial charge is 0.497 e. The van der Waals surface area contributed by atoms with Gasteiger partial charge in [0.2, 0.25) is 5.91 Å². The molecule has 0 aliphatic carbocycles. The molecule has 0 aliphatic rings. The number of hydrogen-bond donors (Lipinski definition) is 2. The third-order valence-electron chi connectivity index (χ3n) is 3.47. The molecular formula is C18H18ClFN2O3. The van der Waals surface area contributed by atoms with E-state index in [1.54, 1.807) is 7.11 Å². The van der Waals surface area contributed by atoms with Crippen molar-refractivity contribution in [1.29, 1.82) is 0 Å². The number of amides is 2. The van der Waals surface area contributed by atoms with E-state index in [1.807, 2.05) is 24.3 Å². The summed E-state index contributed by atoms with van der Waals surface area (Å²) >= 11 is 5.80. The first kappa shape index (κ1) is 18.7. The van der Waals surface area contributed by atoms with Crippen LogP contribution in [0.3, 0.4) is 0 Å². The monoisotopic (exact) mass is 364 g/mol. The van der Waals surface area contributed by atoms with Crippen LogP contribution >= 0.6 is 11.6 Å². The second kappa shape index (κ2) is 9.03. The lowest BCUT2D eigenvalue weighted by molar-refractivity contribution is -0.120. The first-order chi connectivity index (χ1) is 12.0. The van der Waals surface area contributed by atoms with Gasteiger partial charge in [0.1, 0.15) is 11.6 Å². The SMILES string of the molecule is COc1cccc(CCNC(=O)CNC(=O)c2c(F)cccc2Cl)c1. The minimum atomic E-state index is -0.733. The molecular weight excluding hydrogens is 347 g/mol. The van der Waals surface area contributed by atoms with Gasteiger partial charge in [0.25, 0.3) is 5.91 Å². The van der Waals surface area contributed by atoms with Gasteiger partial charge < -0.3 is 15.4 Å². The average molecular weight is 365 g/mol. The minimum absolute atomic E-state index is 0.00377. The van der Waals surface area contributed by atoms with Crippen molar-refractivity contribution in [1.82, 2.24) is 10.6 Å². The van der Waals surface area contributed by atoms with Crippen LogP contribution in [0.5, 0.6) is 5.75 Å². The maximum atomic E-state index is 13.6. The van der Waals surface area contributed by atoms with Crippen LogP contribution in [0.15, 0.2) is 42.5 Å². The number of benzene rings is 2. The maximum absolute atomic E-state index is 13.6. The van der Waals surface area contributed by atoms with E-state index in [0.29, 0.717) is 13.0 Å². The minimum Gasteiger partial charge on any atom is -0.497 e. The molecule has 2 aromatic carbocycles. The number of halogens is 2. The van der Waals surface area contributed by atoms with Crippen molar-refractivity contribution in [2.75, 3.05) is 20.2 Å². The Bertz CT molecular complexity index is 747. The van der Waals surface area contributed by atoms with E-state index in [0.717, 1.165) is 17.4 Å². The first-order valence-electron chi connectivity index (χ1n) is 7.63. The number of rotatable bonds is 7. The third kappa shape index (κ3) is 5.46. The van der Waals surface area contributed by atoms with Crippen molar-refractivity contribution in [3.05, 3.63) is 64.4 Å². The zero-order chi connectivity index (χ0) is 18.2. The zero-order valence-corrected chi connectivity index (χ0v) is 14.4. The molecule has 0 heterocycles. The number of nitrogens with one attached hydrogen (secondary N) is 2. The molecule has 132 valence electrons. The lowest BCUT2D eigenvalue weighted by atomic mass is 10.1. The molecule has 0 fully saturated rings. The lowest BCUT2D eigenvalue weighted by Crippen LogP contribution is -2.38. The van der Waals surface area contributed by atoms with Gasteiger partial charge in [0, 0.05) is 6.54 Å². The van der Waals surface area contributed by atoms with E-state index in [2.05, 4.69) is 10.6 Å². The number of carbonyl (C=O) groups is 2. The second-order valence-corrected chi connectivity index (χ2v) is 5.64. The molecule has 2 amide bonds. The highest BCUT2D eigenvalue weighted by molar-refractivity contribution is 6.33. The van der Waals surface area contributed by atoms with Gasteiger partial charge in [-0.2, -0.15) is 0 Å². The Morgan fingerprint density at radius 3 is 2.64 bits per heavy atom. The van der Waals surface area contributed by atoms with E-state index in [4.69, 9.17) is 16.3 Å². The highest BCUT2D eigenvalue weighted by atomic mass is 35.5. The predicted octanol–water partition coefficient (Wildman–Crippen LogP) is 2.58. The Hall–Kier alpha value is -2.60. The summed E-state index contributed by atoms with van der Waals surface area (Å²) in [5.74, 6) is -1.09. The zero-order valence-electron chi connectivity index (χ0n) is 13.6. The molecule has 0 atom stereocenters. The topological polar surface area (TPSA) is 67.4 Å². The number of ether oxygens (including phenoxy) is 1. The van der Waals surface area contributed by atoms with Crippen molar-refractivity contribution < 1.29 is 18.7 Å². The molecule has 5 nitrogen and oxygen atoms in total. The predicted molar refractivity (Wildman–Crippen MR) is 93.5 cm³/mol. The average Bonchev–Trinajstić information content (AvgIpc) is 2.60. The summed E-state index contributed by atoms with van der Waals surface area (Å²) in [7, 11) is 1.59. The fraction of sp³-hybridized carbons (Fsp3) is 0.222. The molecule has 0 aliphatic heterocycles. The number of methoxy groups -OCH3 is 1. The van der Waals surface area contributed by atoms with Gasteiger partial charge in [-0.05, 0) is 36.2 Å². The number of carbonyl (C=O) groups excluding carboxylic acids is 2. The van der Waals surface area contributed by atoms with Crippen LogP contribution in [-0.4, -0.2) is 32.0 Å². The molecule has 2 N–H and O–H groups in total. The molecule has 0 spiro atoms. The van der Waals surface area contributed by atoms with Crippen LogP contribution in [-0.2, 0) is 11.2 Å². The van der Waals surface area contributed by atoms with Gasteiger partial charge in [-0.25, -0.2) is 4.39 Å². The van der Waals surface area contributed by atoms with Crippen molar-refractivity contribution in [3.63, 3.8) is 0 Å². The Labute approximate surface area is 150 Å². The standard InChI is InChI=1S/C18H18ClFN2O3/c1-25-13-5-2-4-12(10-13)8-9-21-16(23)11-22-18(24)17-14(19)6-3-7-15(17)20/h2-7,10H,8-9,11H2,1H3,(H,21,23)(H,22,24). The normalized spacial score (nSPS) is 10.2. The van der Waals surface area contributed by atoms with Crippen molar-refractivity contribution in [3.8, 4) is 5.75 Å². The summed E-state index contributed by atoms with van der Waals surface area (Å²) in [5.41, 5.74) is 0.746. The van der Waals surface area contributed by atoms with Gasteiger partial charge >= 0.3 is 0 Å². The molecule has 0 saturated heterocycles. The quantitative estimate of drug-likeness (QED) is 0.793. The molecule has 2 rings (SSSR count). The van der Waals surface area contributed by atoms with Crippen LogP contribution in [0.4, 0.5) is 4.39 Å². The summed E-state index contributed by atoms with van der Waals surface area (Å²) in [6, 6.07) is 11.5. The summed E-state index contributed by atoms with van der Waals surface area (Å²) in [5, 5.41) is 5.03. The molecule has 0 aromatic heterocycles. The second-order valence-electron chi connectivity index (χ2n) is 5.23. The smallest absolute Gasteiger partial charge is 0.256 e. The molecule has 0 radical (unpaired) electrons. The van der Waals surface area contributed by atoms with Crippen molar-refractivity contribution >= 4 is 23.4 Å². The summed E-state index contributed by atoms with van der Waals surface area (Å²) in [4.78, 5) is 23.7. The van der Waals surface area contributed by atoms with E-state index < -0.39 is 11.7 Å². The molecule has 25 heavy (non-hydrogen) atoms. The van der Waals surface area contributed by atoms with Crippen molar-refractivity contribution in [2.24, 2.45) is 0 Å². The Kier molecular flexibility index (Phi) is 6.77. The van der Waals surface area contributed by atoms with E-state index in [9.17, 15) is 14.0 Å². The fourth-order valence-electron chi connectivity index (χ4n) is 2.20. The van der Waals surface area contributed by atoms with E-state index >= 15 is 0 Å². The van der Waals surface area contributed by atoms with Crippen LogP contribution in [0, 0.1) is 5.82 Å². The summed E-state index contributed by atoms with van der Waals surface area (Å²) in [6.45, 7) is 0.143. The van der Waals surface area contributed by atoms with Gasteiger partial charge in [-0.15, -0.1) is 0 Å². The molecule has 0 bridgehead atoms. The summed E-state index contributed by atoms with van der Waals surface area (Å²) in [6.07, 6.45) is 0.621. The third-order valence-corrected chi connectivity index (χ3v) is 3.78. The highest BCUT2D eigenvalue weighted by Crippen LogP contribution is 2.18. The molecule has 0 unspecified atom stereocenters. The fourth-order valence-corrected chi connectivity index (χ4v) is 2.45. The van der Waals surface area contributed by atoms with Gasteiger partial charge in [-0.3, -0.25) is 9.59 Å². The number of hydrogen-bond acceptors (Lipinski definition) is 3. The Morgan fingerprint density at radius 1 is 1.16 bits per heavy atom. The van der Waals surface area contributed by atoms with Crippen molar-refractivity contribution in [2.45, 2.75) is 6.42 Å². The molecule has 7 heteroatoms. The van der Waals surface area contributed by atoms with Gasteiger partial charge in [0.15, 0.2) is 0 Å². The van der Waals surface area contributed by atoms with Crippen LogP contribution in [0.2, 0.25) is 5.02 Å². The first-order valence-corrected chi connectivity index (χ1v) is 8.01. The van der Waals surface area contributed by atoms with Gasteiger partial charge in [-0.1, -0.05) is 29.8 Å². The van der Waals surface area contributed by atoms with E-state index in [-0.39, 0.29) is 23.0 Å². The maximum Gasteiger partial charge on any atom is 0.256 e. The molecule has 2 aromatic rings. The van der Waals surface area contributed by atoms with Crippen LogP contribution < -0.4 is 15.4 Å². The molecule has 0 saturated carbocycles. The van der Waals surface area contributed by atoms with E-state index in [1.165, 1.54) is 12.1 Å². The van der Waals surface area contributed by atoms with Crippen LogP contribution in [0.1, 0.15) is 15.9 Å². The highest BCUT2D eigenvalue weighted by Gasteiger charge is 2.16. The summed E-state index contributed by atoms with van der Waals surface area (Å²) < 4.78 is 18.8. The van der Waals surface area contributed by atoms with Gasteiger partial charge in [0.05, 0.1) is 24.2 Å². The lowest BCUT2D eigenvalue weighted by Gasteiger charge is -2.09. The Balaban J connectivity index is 1.78. The Morgan fingerprint density at radius 2 is 1.92 bits per heavy atom. The van der Waals surface area contributed by atoms with Crippen LogP contribution in [0.25, 0.3) is 0 Å².